The zero-order chi connectivity index (χ0) is 11.5. The Bertz CT molecular complexity index is 411. The summed E-state index contributed by atoms with van der Waals surface area (Å²) in [5, 5.41) is 0. The molecule has 0 saturated heterocycles. The molecule has 0 bridgehead atoms. The highest BCUT2D eigenvalue weighted by Gasteiger charge is 2.22. The zero-order valence-corrected chi connectivity index (χ0v) is 10.1. The molecule has 1 N–H and O–H groups in total. The average molecular weight is 220 g/mol. The maximum atomic E-state index is 11.5. The Morgan fingerprint density at radius 3 is 3.00 bits per heavy atom. The second kappa shape index (κ2) is 4.81. The molecule has 0 spiro atoms. The minimum Gasteiger partial charge on any atom is -0.310 e. The first-order valence-electron chi connectivity index (χ1n) is 6.29. The summed E-state index contributed by atoms with van der Waals surface area (Å²) in [5.41, 5.74) is 0.914. The molecule has 2 atom stereocenters. The molecular formula is C13H20N2O. The third kappa shape index (κ3) is 2.52. The van der Waals surface area contributed by atoms with Gasteiger partial charge in [-0.25, -0.2) is 4.98 Å². The predicted octanol–water partition coefficient (Wildman–Crippen LogP) is 2.63. The molecule has 1 aromatic heterocycles. The van der Waals surface area contributed by atoms with E-state index >= 15 is 0 Å². The smallest absolute Gasteiger partial charge is 0.251 e. The molecule has 1 aliphatic carbocycles. The van der Waals surface area contributed by atoms with Crippen LogP contribution in [0.15, 0.2) is 10.9 Å². The first kappa shape index (κ1) is 11.4. The van der Waals surface area contributed by atoms with Crippen LogP contribution in [0, 0.1) is 5.92 Å². The van der Waals surface area contributed by atoms with Crippen molar-refractivity contribution >= 4 is 0 Å². The fourth-order valence-electron chi connectivity index (χ4n) is 2.59. The molecule has 88 valence electrons. The Morgan fingerprint density at radius 1 is 1.50 bits per heavy atom. The van der Waals surface area contributed by atoms with Gasteiger partial charge in [-0.2, -0.15) is 0 Å². The second-order valence-electron chi connectivity index (χ2n) is 4.94. The number of rotatable bonds is 2. The lowest BCUT2D eigenvalue weighted by Gasteiger charge is -2.25. The van der Waals surface area contributed by atoms with Gasteiger partial charge in [0, 0.05) is 17.7 Å². The number of nitrogens with zero attached hydrogens (tertiary/aromatic N) is 1. The molecular weight excluding hydrogens is 200 g/mol. The van der Waals surface area contributed by atoms with Crippen molar-refractivity contribution in [1.29, 1.82) is 0 Å². The predicted molar refractivity (Wildman–Crippen MR) is 64.6 cm³/mol. The molecule has 16 heavy (non-hydrogen) atoms. The van der Waals surface area contributed by atoms with E-state index in [0.717, 1.165) is 30.3 Å². The van der Waals surface area contributed by atoms with Crippen LogP contribution in [0.1, 0.15) is 57.0 Å². The van der Waals surface area contributed by atoms with E-state index < -0.39 is 0 Å². The minimum absolute atomic E-state index is 0.0000709. The highest BCUT2D eigenvalue weighted by Crippen LogP contribution is 2.33. The molecule has 2 unspecified atom stereocenters. The van der Waals surface area contributed by atoms with Gasteiger partial charge in [0.15, 0.2) is 0 Å². The van der Waals surface area contributed by atoms with E-state index in [1.807, 2.05) is 6.92 Å². The van der Waals surface area contributed by atoms with Crippen LogP contribution in [-0.2, 0) is 6.42 Å². The summed E-state index contributed by atoms with van der Waals surface area (Å²) in [6.45, 7) is 4.32. The molecule has 0 amide bonds. The summed E-state index contributed by atoms with van der Waals surface area (Å²) >= 11 is 0. The first-order chi connectivity index (χ1) is 7.69. The van der Waals surface area contributed by atoms with Gasteiger partial charge in [-0.05, 0) is 25.2 Å². The standard InChI is InChI=1S/C13H20N2O/c1-3-11-8-12(16)15-13(14-11)10-6-4-5-9(2)7-10/h8-10H,3-7H2,1-2H3,(H,14,15,16). The quantitative estimate of drug-likeness (QED) is 0.832. The van der Waals surface area contributed by atoms with E-state index in [1.54, 1.807) is 6.07 Å². The minimum atomic E-state index is 0.0000709. The van der Waals surface area contributed by atoms with Crippen LogP contribution in [0.3, 0.4) is 0 Å². The second-order valence-corrected chi connectivity index (χ2v) is 4.94. The van der Waals surface area contributed by atoms with Gasteiger partial charge in [0.05, 0.1) is 0 Å². The molecule has 2 rings (SSSR count). The number of aryl methyl sites for hydroxylation is 1. The first-order valence-corrected chi connectivity index (χ1v) is 6.29. The number of H-pyrrole nitrogens is 1. The summed E-state index contributed by atoms with van der Waals surface area (Å²) < 4.78 is 0. The average Bonchev–Trinajstić information content (AvgIpc) is 2.28. The topological polar surface area (TPSA) is 45.8 Å². The van der Waals surface area contributed by atoms with E-state index in [1.165, 1.54) is 19.3 Å². The van der Waals surface area contributed by atoms with Gasteiger partial charge >= 0.3 is 0 Å². The normalized spacial score (nSPS) is 25.6. The van der Waals surface area contributed by atoms with Crippen molar-refractivity contribution in [2.24, 2.45) is 5.92 Å². The summed E-state index contributed by atoms with van der Waals surface area (Å²) in [6, 6.07) is 1.61. The summed E-state index contributed by atoms with van der Waals surface area (Å²) in [4.78, 5) is 19.0. The van der Waals surface area contributed by atoms with Crippen molar-refractivity contribution in [3.05, 3.63) is 27.9 Å². The van der Waals surface area contributed by atoms with Crippen LogP contribution in [0.5, 0.6) is 0 Å². The Balaban J connectivity index is 2.25. The monoisotopic (exact) mass is 220 g/mol. The molecule has 1 aliphatic rings. The summed E-state index contributed by atoms with van der Waals surface area (Å²) in [7, 11) is 0. The van der Waals surface area contributed by atoms with Crippen LogP contribution >= 0.6 is 0 Å². The summed E-state index contributed by atoms with van der Waals surface area (Å²) in [6.07, 6.45) is 5.73. The molecule has 1 heterocycles. The van der Waals surface area contributed by atoms with Crippen LogP contribution in [0.2, 0.25) is 0 Å². The molecule has 1 fully saturated rings. The van der Waals surface area contributed by atoms with Crippen molar-refractivity contribution in [1.82, 2.24) is 9.97 Å². The highest BCUT2D eigenvalue weighted by molar-refractivity contribution is 5.06. The molecule has 1 saturated carbocycles. The lowest BCUT2D eigenvalue weighted by atomic mass is 9.82. The van der Waals surface area contributed by atoms with Crippen molar-refractivity contribution in [2.45, 2.75) is 51.9 Å². The van der Waals surface area contributed by atoms with Gasteiger partial charge in [-0.3, -0.25) is 4.79 Å². The Kier molecular flexibility index (Phi) is 3.42. The third-order valence-corrected chi connectivity index (χ3v) is 3.50. The molecule has 3 nitrogen and oxygen atoms in total. The highest BCUT2D eigenvalue weighted by atomic mass is 16.1. The number of aromatic amines is 1. The molecule has 0 radical (unpaired) electrons. The van der Waals surface area contributed by atoms with Crippen LogP contribution in [0.4, 0.5) is 0 Å². The van der Waals surface area contributed by atoms with Gasteiger partial charge in [0.25, 0.3) is 5.56 Å². The van der Waals surface area contributed by atoms with E-state index in [4.69, 9.17) is 0 Å². The van der Waals surface area contributed by atoms with Gasteiger partial charge in [0.2, 0.25) is 0 Å². The SMILES string of the molecule is CCc1cc(=O)[nH]c(C2CCCC(C)C2)n1. The largest absolute Gasteiger partial charge is 0.310 e. The summed E-state index contributed by atoms with van der Waals surface area (Å²) in [5.74, 6) is 2.13. The Hall–Kier alpha value is -1.12. The molecule has 3 heteroatoms. The number of nitrogens with one attached hydrogen (secondary N) is 1. The molecule has 0 aromatic carbocycles. The lowest BCUT2D eigenvalue weighted by Crippen LogP contribution is -2.19. The van der Waals surface area contributed by atoms with E-state index in [-0.39, 0.29) is 5.56 Å². The van der Waals surface area contributed by atoms with Crippen LogP contribution in [-0.4, -0.2) is 9.97 Å². The van der Waals surface area contributed by atoms with Crippen molar-refractivity contribution in [2.75, 3.05) is 0 Å². The molecule has 1 aromatic rings. The van der Waals surface area contributed by atoms with Crippen molar-refractivity contribution in [3.8, 4) is 0 Å². The van der Waals surface area contributed by atoms with Gasteiger partial charge in [-0.15, -0.1) is 0 Å². The maximum Gasteiger partial charge on any atom is 0.251 e. The number of aromatic nitrogens is 2. The van der Waals surface area contributed by atoms with E-state index in [2.05, 4.69) is 16.9 Å². The maximum absolute atomic E-state index is 11.5. The van der Waals surface area contributed by atoms with Gasteiger partial charge < -0.3 is 4.98 Å². The van der Waals surface area contributed by atoms with Gasteiger partial charge in [-0.1, -0.05) is 26.7 Å². The van der Waals surface area contributed by atoms with Crippen LogP contribution < -0.4 is 5.56 Å². The van der Waals surface area contributed by atoms with Crippen molar-refractivity contribution in [3.63, 3.8) is 0 Å². The van der Waals surface area contributed by atoms with Gasteiger partial charge in [0.1, 0.15) is 5.82 Å². The van der Waals surface area contributed by atoms with E-state index in [0.29, 0.717) is 5.92 Å². The zero-order valence-electron chi connectivity index (χ0n) is 10.1. The number of hydrogen-bond donors (Lipinski definition) is 1. The Labute approximate surface area is 96.3 Å². The van der Waals surface area contributed by atoms with Crippen LogP contribution in [0.25, 0.3) is 0 Å². The Morgan fingerprint density at radius 2 is 2.31 bits per heavy atom. The number of hydrogen-bond acceptors (Lipinski definition) is 2. The molecule has 0 aliphatic heterocycles. The van der Waals surface area contributed by atoms with Crippen molar-refractivity contribution < 1.29 is 0 Å². The third-order valence-electron chi connectivity index (χ3n) is 3.50. The lowest BCUT2D eigenvalue weighted by molar-refractivity contribution is 0.334. The fraction of sp³-hybridized carbons (Fsp3) is 0.692. The fourth-order valence-corrected chi connectivity index (χ4v) is 2.59. The van der Waals surface area contributed by atoms with E-state index in [9.17, 15) is 4.79 Å².